The molecule has 0 aromatic heterocycles. The lowest BCUT2D eigenvalue weighted by atomic mass is 9.53. The summed E-state index contributed by atoms with van der Waals surface area (Å²) in [6, 6.07) is 22.9. The molecule has 4 aliphatic carbocycles. The Morgan fingerprint density at radius 3 is 2.05 bits per heavy atom. The topological polar surface area (TPSA) is 75.7 Å². The van der Waals surface area contributed by atoms with Crippen molar-refractivity contribution in [3.05, 3.63) is 90.0 Å². The number of carbonyl (C=O) groups excluding carboxylic acids is 1. The van der Waals surface area contributed by atoms with Gasteiger partial charge in [-0.15, -0.1) is 0 Å². The quantitative estimate of drug-likeness (QED) is 0.400. The summed E-state index contributed by atoms with van der Waals surface area (Å²) in [6.45, 7) is 0.108. The molecule has 38 heavy (non-hydrogen) atoms. The molecule has 3 aromatic rings. The van der Waals surface area contributed by atoms with Gasteiger partial charge in [-0.25, -0.2) is 8.42 Å². The van der Waals surface area contributed by atoms with Crippen molar-refractivity contribution >= 4 is 21.6 Å². The van der Waals surface area contributed by atoms with Crippen LogP contribution in [0.2, 0.25) is 0 Å². The molecular formula is C31H34N2O4S. The molecule has 4 saturated carbocycles. The normalized spacial score (nSPS) is 25.7. The second-order valence-electron chi connectivity index (χ2n) is 11.3. The van der Waals surface area contributed by atoms with Crippen molar-refractivity contribution in [1.29, 1.82) is 0 Å². The summed E-state index contributed by atoms with van der Waals surface area (Å²) in [4.78, 5) is 14.0. The summed E-state index contributed by atoms with van der Waals surface area (Å²) in [6.07, 6.45) is 6.96. The molecule has 0 heterocycles. The van der Waals surface area contributed by atoms with Crippen molar-refractivity contribution in [3.63, 3.8) is 0 Å². The zero-order valence-corrected chi connectivity index (χ0v) is 22.5. The molecule has 4 fully saturated rings. The van der Waals surface area contributed by atoms with Crippen molar-refractivity contribution in [2.45, 2.75) is 55.5 Å². The van der Waals surface area contributed by atoms with Crippen LogP contribution in [-0.4, -0.2) is 27.0 Å². The number of hydrogen-bond acceptors (Lipinski definition) is 4. The number of benzene rings is 3. The van der Waals surface area contributed by atoms with Crippen molar-refractivity contribution in [2.75, 3.05) is 11.4 Å². The zero-order chi connectivity index (χ0) is 26.3. The van der Waals surface area contributed by atoms with Gasteiger partial charge in [0.05, 0.1) is 29.8 Å². The Balaban J connectivity index is 1.37. The summed E-state index contributed by atoms with van der Waals surface area (Å²) in [5.74, 6) is 2.48. The van der Waals surface area contributed by atoms with E-state index in [9.17, 15) is 13.2 Å². The molecule has 1 N–H and O–H groups in total. The van der Waals surface area contributed by atoms with Gasteiger partial charge in [0.25, 0.3) is 15.9 Å². The number of sulfonamides is 1. The number of para-hydroxylation sites is 1. The Labute approximate surface area is 225 Å². The average Bonchev–Trinajstić information content (AvgIpc) is 2.91. The fourth-order valence-electron chi connectivity index (χ4n) is 7.38. The number of nitrogens with one attached hydrogen (secondary N) is 1. The maximum absolute atomic E-state index is 14.1. The van der Waals surface area contributed by atoms with Gasteiger partial charge in [-0.3, -0.25) is 9.10 Å². The van der Waals surface area contributed by atoms with Gasteiger partial charge in [0.1, 0.15) is 5.75 Å². The molecular weight excluding hydrogens is 496 g/mol. The van der Waals surface area contributed by atoms with Crippen molar-refractivity contribution < 1.29 is 17.9 Å². The number of rotatable bonds is 8. The van der Waals surface area contributed by atoms with Gasteiger partial charge in [0.15, 0.2) is 0 Å². The van der Waals surface area contributed by atoms with Crippen LogP contribution in [0.1, 0.15) is 54.4 Å². The van der Waals surface area contributed by atoms with Crippen LogP contribution in [0.3, 0.4) is 0 Å². The smallest absolute Gasteiger partial charge is 0.264 e. The maximum Gasteiger partial charge on any atom is 0.264 e. The van der Waals surface area contributed by atoms with Gasteiger partial charge in [-0.1, -0.05) is 42.5 Å². The van der Waals surface area contributed by atoms with Crippen molar-refractivity contribution in [2.24, 2.45) is 17.8 Å². The highest BCUT2D eigenvalue weighted by Crippen LogP contribution is 2.55. The molecule has 4 aliphatic rings. The average molecular weight is 531 g/mol. The molecule has 1 amide bonds. The molecule has 0 radical (unpaired) electrons. The Morgan fingerprint density at radius 2 is 1.45 bits per heavy atom. The molecule has 0 spiro atoms. The second-order valence-corrected chi connectivity index (χ2v) is 13.2. The minimum Gasteiger partial charge on any atom is -0.497 e. The number of nitrogens with zero attached hydrogens (tertiary/aromatic N) is 1. The van der Waals surface area contributed by atoms with E-state index in [1.165, 1.54) is 23.6 Å². The van der Waals surface area contributed by atoms with Crippen LogP contribution < -0.4 is 14.4 Å². The third-order valence-corrected chi connectivity index (χ3v) is 10.4. The van der Waals surface area contributed by atoms with Crippen LogP contribution in [0.5, 0.6) is 5.75 Å². The molecule has 0 unspecified atom stereocenters. The van der Waals surface area contributed by atoms with Crippen LogP contribution in [-0.2, 0) is 16.6 Å². The Morgan fingerprint density at radius 1 is 0.868 bits per heavy atom. The monoisotopic (exact) mass is 530 g/mol. The Kier molecular flexibility index (Phi) is 6.42. The minimum atomic E-state index is -3.99. The summed E-state index contributed by atoms with van der Waals surface area (Å²) in [5.41, 5.74) is 1.43. The number of carbonyl (C=O) groups is 1. The van der Waals surface area contributed by atoms with E-state index in [0.29, 0.717) is 34.8 Å². The van der Waals surface area contributed by atoms with Crippen molar-refractivity contribution in [3.8, 4) is 5.75 Å². The summed E-state index contributed by atoms with van der Waals surface area (Å²) < 4.78 is 34.7. The first kappa shape index (κ1) is 25.0. The third kappa shape index (κ3) is 4.68. The van der Waals surface area contributed by atoms with Gasteiger partial charge < -0.3 is 10.1 Å². The SMILES string of the molecule is COc1ccc(S(=O)(=O)N(Cc2ccccc2)c2ccccc2C(=O)NC23CC4CC(CC(C4)C2)C3)cc1. The van der Waals surface area contributed by atoms with E-state index >= 15 is 0 Å². The molecule has 0 atom stereocenters. The maximum atomic E-state index is 14.1. The largest absolute Gasteiger partial charge is 0.497 e. The van der Waals surface area contributed by atoms with E-state index in [2.05, 4.69) is 5.32 Å². The lowest BCUT2D eigenvalue weighted by Gasteiger charge is -2.56. The highest BCUT2D eigenvalue weighted by atomic mass is 32.2. The summed E-state index contributed by atoms with van der Waals surface area (Å²) in [5, 5.41) is 3.43. The van der Waals surface area contributed by atoms with E-state index in [0.717, 1.165) is 24.8 Å². The predicted molar refractivity (Wildman–Crippen MR) is 148 cm³/mol. The second kappa shape index (κ2) is 9.77. The van der Waals surface area contributed by atoms with Crippen molar-refractivity contribution in [1.82, 2.24) is 5.32 Å². The van der Waals surface area contributed by atoms with Crippen LogP contribution in [0.4, 0.5) is 5.69 Å². The zero-order valence-electron chi connectivity index (χ0n) is 21.7. The number of hydrogen-bond donors (Lipinski definition) is 1. The molecule has 4 bridgehead atoms. The predicted octanol–water partition coefficient (Wildman–Crippen LogP) is 5.79. The van der Waals surface area contributed by atoms with Gasteiger partial charge in [0, 0.05) is 5.54 Å². The van der Waals surface area contributed by atoms with E-state index in [1.54, 1.807) is 55.6 Å². The molecule has 0 saturated heterocycles. The van der Waals surface area contributed by atoms with Crippen LogP contribution >= 0.6 is 0 Å². The first-order chi connectivity index (χ1) is 18.3. The molecule has 198 valence electrons. The van der Waals surface area contributed by atoms with Gasteiger partial charge >= 0.3 is 0 Å². The van der Waals surface area contributed by atoms with E-state index in [4.69, 9.17) is 4.74 Å². The molecule has 7 heteroatoms. The van der Waals surface area contributed by atoms with Gasteiger partial charge in [0.2, 0.25) is 0 Å². The molecule has 6 nitrogen and oxygen atoms in total. The van der Waals surface area contributed by atoms with E-state index < -0.39 is 10.0 Å². The Bertz CT molecular complexity index is 1380. The fourth-order valence-corrected chi connectivity index (χ4v) is 8.85. The lowest BCUT2D eigenvalue weighted by Crippen LogP contribution is -2.59. The highest BCUT2D eigenvalue weighted by molar-refractivity contribution is 7.92. The number of anilines is 1. The minimum absolute atomic E-state index is 0.108. The summed E-state index contributed by atoms with van der Waals surface area (Å²) >= 11 is 0. The molecule has 7 rings (SSSR count). The third-order valence-electron chi connectivity index (χ3n) is 8.65. The number of methoxy groups -OCH3 is 1. The molecule has 0 aliphatic heterocycles. The van der Waals surface area contributed by atoms with Crippen LogP contribution in [0.15, 0.2) is 83.8 Å². The molecule has 3 aromatic carbocycles. The first-order valence-electron chi connectivity index (χ1n) is 13.5. The van der Waals surface area contributed by atoms with Gasteiger partial charge in [-0.2, -0.15) is 0 Å². The Hall–Kier alpha value is -3.32. The summed E-state index contributed by atoms with van der Waals surface area (Å²) in [7, 11) is -2.44. The fraction of sp³-hybridized carbons (Fsp3) is 0.387. The van der Waals surface area contributed by atoms with Gasteiger partial charge in [-0.05, 0) is 98.2 Å². The van der Waals surface area contributed by atoms with E-state index in [1.807, 2.05) is 30.3 Å². The van der Waals surface area contributed by atoms with Crippen LogP contribution in [0, 0.1) is 17.8 Å². The van der Waals surface area contributed by atoms with E-state index in [-0.39, 0.29) is 22.9 Å². The first-order valence-corrected chi connectivity index (χ1v) is 14.9. The number of amides is 1. The number of ether oxygens (including phenoxy) is 1. The standard InChI is InChI=1S/C31H34N2O4S/c1-37-26-11-13-27(14-12-26)38(35,36)33(21-22-7-3-2-4-8-22)29-10-6-5-9-28(29)30(34)32-31-18-23-15-24(19-31)17-25(16-23)20-31/h2-14,23-25H,15-21H2,1H3,(H,32,34). The highest BCUT2D eigenvalue weighted by Gasteiger charge is 2.51. The van der Waals surface area contributed by atoms with Crippen LogP contribution in [0.25, 0.3) is 0 Å². The lowest BCUT2D eigenvalue weighted by molar-refractivity contribution is -0.0166.